The summed E-state index contributed by atoms with van der Waals surface area (Å²) in [5.41, 5.74) is 0.431. The van der Waals surface area contributed by atoms with Gasteiger partial charge in [0, 0.05) is 51.4 Å². The summed E-state index contributed by atoms with van der Waals surface area (Å²) in [6.07, 6.45) is 5.89. The number of anilines is 1. The molecule has 0 atom stereocenters. The molecule has 1 fully saturated rings. The van der Waals surface area contributed by atoms with Gasteiger partial charge in [-0.3, -0.25) is 9.59 Å². The van der Waals surface area contributed by atoms with Crippen molar-refractivity contribution in [3.63, 3.8) is 0 Å². The summed E-state index contributed by atoms with van der Waals surface area (Å²) in [6.45, 7) is 1.61. The van der Waals surface area contributed by atoms with Crippen molar-refractivity contribution in [3.8, 4) is 0 Å². The Morgan fingerprint density at radius 3 is 2.57 bits per heavy atom. The first-order chi connectivity index (χ1) is 11.1. The summed E-state index contributed by atoms with van der Waals surface area (Å²) >= 11 is 0. The largest absolute Gasteiger partial charge is 0.348 e. The summed E-state index contributed by atoms with van der Waals surface area (Å²) in [5, 5.41) is 8.31. The van der Waals surface area contributed by atoms with Crippen LogP contribution in [0.1, 0.15) is 25.7 Å². The second-order valence-electron chi connectivity index (χ2n) is 5.75. The van der Waals surface area contributed by atoms with E-state index in [0.717, 1.165) is 31.9 Å². The zero-order valence-corrected chi connectivity index (χ0v) is 13.1. The van der Waals surface area contributed by atoms with E-state index < -0.39 is 0 Å². The molecule has 8 heteroatoms. The molecule has 1 aromatic rings. The van der Waals surface area contributed by atoms with Crippen LogP contribution in [0.3, 0.4) is 0 Å². The normalized spacial score (nSPS) is 19.5. The molecular weight excluding hydrogens is 296 g/mol. The van der Waals surface area contributed by atoms with Gasteiger partial charge in [0.05, 0.1) is 0 Å². The summed E-state index contributed by atoms with van der Waals surface area (Å²) < 4.78 is 0. The molecule has 3 rings (SSSR count). The molecule has 0 bridgehead atoms. The van der Waals surface area contributed by atoms with Gasteiger partial charge in [-0.1, -0.05) is 0 Å². The molecule has 1 N–H and O–H groups in total. The number of aromatic nitrogens is 2. The first-order valence-corrected chi connectivity index (χ1v) is 7.80. The SMILES string of the molecule is CN1N=C(C(=O)NC2CCN(c3ncccn3)CC2)CCC1=O. The molecule has 0 unspecified atom stereocenters. The fraction of sp³-hybridized carbons (Fsp3) is 0.533. The Bertz CT molecular complexity index is 610. The average molecular weight is 316 g/mol. The Balaban J connectivity index is 1.52. The van der Waals surface area contributed by atoms with Crippen LogP contribution in [0.4, 0.5) is 5.95 Å². The molecule has 1 saturated heterocycles. The zero-order chi connectivity index (χ0) is 16.2. The first-order valence-electron chi connectivity index (χ1n) is 7.80. The van der Waals surface area contributed by atoms with Gasteiger partial charge < -0.3 is 10.2 Å². The van der Waals surface area contributed by atoms with Gasteiger partial charge in [0.1, 0.15) is 5.71 Å². The number of hydrogen-bond acceptors (Lipinski definition) is 6. The Kier molecular flexibility index (Phi) is 4.50. The monoisotopic (exact) mass is 316 g/mol. The number of hydrazone groups is 1. The molecule has 23 heavy (non-hydrogen) atoms. The lowest BCUT2D eigenvalue weighted by atomic mass is 10.0. The number of carbonyl (C=O) groups is 2. The Morgan fingerprint density at radius 1 is 1.22 bits per heavy atom. The van der Waals surface area contributed by atoms with Crippen LogP contribution in [-0.2, 0) is 9.59 Å². The minimum absolute atomic E-state index is 0.0577. The van der Waals surface area contributed by atoms with Gasteiger partial charge >= 0.3 is 0 Å². The van der Waals surface area contributed by atoms with Crippen molar-refractivity contribution >= 4 is 23.5 Å². The van der Waals surface area contributed by atoms with E-state index in [9.17, 15) is 9.59 Å². The predicted molar refractivity (Wildman–Crippen MR) is 84.8 cm³/mol. The highest BCUT2D eigenvalue weighted by Gasteiger charge is 2.26. The maximum Gasteiger partial charge on any atom is 0.267 e. The van der Waals surface area contributed by atoms with Crippen LogP contribution in [0.5, 0.6) is 0 Å². The van der Waals surface area contributed by atoms with E-state index in [-0.39, 0.29) is 17.9 Å². The van der Waals surface area contributed by atoms with E-state index in [0.29, 0.717) is 18.6 Å². The molecule has 0 radical (unpaired) electrons. The lowest BCUT2D eigenvalue weighted by Crippen LogP contribution is -2.48. The van der Waals surface area contributed by atoms with Crippen LogP contribution in [0.2, 0.25) is 0 Å². The number of nitrogens with zero attached hydrogens (tertiary/aromatic N) is 5. The molecule has 0 spiro atoms. The highest BCUT2D eigenvalue weighted by atomic mass is 16.2. The van der Waals surface area contributed by atoms with Crippen molar-refractivity contribution in [3.05, 3.63) is 18.5 Å². The van der Waals surface area contributed by atoms with Crippen LogP contribution in [0, 0.1) is 0 Å². The van der Waals surface area contributed by atoms with Crippen molar-refractivity contribution in [2.45, 2.75) is 31.7 Å². The van der Waals surface area contributed by atoms with Crippen LogP contribution in [0.15, 0.2) is 23.6 Å². The predicted octanol–water partition coefficient (Wildman–Crippen LogP) is 0.170. The third kappa shape index (κ3) is 3.64. The van der Waals surface area contributed by atoms with Crippen molar-refractivity contribution in [2.75, 3.05) is 25.0 Å². The van der Waals surface area contributed by atoms with E-state index in [1.54, 1.807) is 25.5 Å². The Morgan fingerprint density at radius 2 is 1.91 bits per heavy atom. The van der Waals surface area contributed by atoms with Gasteiger partial charge in [-0.25, -0.2) is 15.0 Å². The highest BCUT2D eigenvalue weighted by molar-refractivity contribution is 6.39. The Labute approximate surface area is 134 Å². The van der Waals surface area contributed by atoms with Gasteiger partial charge in [-0.15, -0.1) is 0 Å². The van der Waals surface area contributed by atoms with Crippen molar-refractivity contribution < 1.29 is 9.59 Å². The minimum atomic E-state index is -0.168. The molecule has 2 aliphatic heterocycles. The molecule has 0 aliphatic carbocycles. The van der Waals surface area contributed by atoms with Crippen LogP contribution >= 0.6 is 0 Å². The van der Waals surface area contributed by atoms with Gasteiger partial charge in [0.25, 0.3) is 5.91 Å². The number of carbonyl (C=O) groups excluding carboxylic acids is 2. The molecule has 2 aliphatic rings. The average Bonchev–Trinajstić information content (AvgIpc) is 2.59. The second kappa shape index (κ2) is 6.72. The van der Waals surface area contributed by atoms with Crippen molar-refractivity contribution in [1.82, 2.24) is 20.3 Å². The topological polar surface area (TPSA) is 90.8 Å². The van der Waals surface area contributed by atoms with E-state index in [4.69, 9.17) is 0 Å². The maximum absolute atomic E-state index is 12.3. The molecule has 2 amide bonds. The molecular formula is C15H20N6O2. The number of piperidine rings is 1. The lowest BCUT2D eigenvalue weighted by molar-refractivity contribution is -0.130. The third-order valence-corrected chi connectivity index (χ3v) is 4.13. The summed E-state index contributed by atoms with van der Waals surface area (Å²) in [7, 11) is 1.58. The standard InChI is InChI=1S/C15H20N6O2/c1-20-13(22)4-3-12(19-20)14(23)18-11-5-9-21(10-6-11)15-16-7-2-8-17-15/h2,7-8,11H,3-6,9-10H2,1H3,(H,18,23). The zero-order valence-electron chi connectivity index (χ0n) is 13.1. The molecule has 122 valence electrons. The summed E-state index contributed by atoms with van der Waals surface area (Å²) in [5.74, 6) is 0.505. The summed E-state index contributed by atoms with van der Waals surface area (Å²) in [4.78, 5) is 34.3. The maximum atomic E-state index is 12.3. The quantitative estimate of drug-likeness (QED) is 0.858. The van der Waals surface area contributed by atoms with E-state index in [1.165, 1.54) is 5.01 Å². The van der Waals surface area contributed by atoms with Crippen LogP contribution < -0.4 is 10.2 Å². The molecule has 0 aromatic carbocycles. The number of nitrogens with one attached hydrogen (secondary N) is 1. The molecule has 3 heterocycles. The Hall–Kier alpha value is -2.51. The third-order valence-electron chi connectivity index (χ3n) is 4.13. The second-order valence-corrected chi connectivity index (χ2v) is 5.75. The van der Waals surface area contributed by atoms with Gasteiger partial charge in [0.15, 0.2) is 0 Å². The van der Waals surface area contributed by atoms with Crippen molar-refractivity contribution in [1.29, 1.82) is 0 Å². The first kappa shape index (κ1) is 15.4. The molecule has 8 nitrogen and oxygen atoms in total. The fourth-order valence-corrected chi connectivity index (χ4v) is 2.78. The molecule has 0 saturated carbocycles. The van der Waals surface area contributed by atoms with E-state index in [2.05, 4.69) is 25.3 Å². The molecule has 1 aromatic heterocycles. The van der Waals surface area contributed by atoms with Crippen molar-refractivity contribution in [2.24, 2.45) is 5.10 Å². The van der Waals surface area contributed by atoms with E-state index >= 15 is 0 Å². The van der Waals surface area contributed by atoms with Crippen LogP contribution in [0.25, 0.3) is 0 Å². The van der Waals surface area contributed by atoms with E-state index in [1.807, 2.05) is 0 Å². The smallest absolute Gasteiger partial charge is 0.267 e. The lowest BCUT2D eigenvalue weighted by Gasteiger charge is -2.32. The highest BCUT2D eigenvalue weighted by Crippen LogP contribution is 2.16. The van der Waals surface area contributed by atoms with Crippen LogP contribution in [-0.4, -0.2) is 58.7 Å². The summed E-state index contributed by atoms with van der Waals surface area (Å²) in [6, 6.07) is 1.91. The fourth-order valence-electron chi connectivity index (χ4n) is 2.78. The minimum Gasteiger partial charge on any atom is -0.348 e. The van der Waals surface area contributed by atoms with Gasteiger partial charge in [-0.2, -0.15) is 5.10 Å². The van der Waals surface area contributed by atoms with Gasteiger partial charge in [-0.05, 0) is 18.9 Å². The number of rotatable bonds is 3. The number of hydrogen-bond donors (Lipinski definition) is 1. The van der Waals surface area contributed by atoms with Gasteiger partial charge in [0.2, 0.25) is 11.9 Å². The number of amides is 2.